The van der Waals surface area contributed by atoms with Crippen molar-refractivity contribution < 1.29 is 14.3 Å². The maximum absolute atomic E-state index is 12.9. The molecule has 1 unspecified atom stereocenters. The van der Waals surface area contributed by atoms with Crippen molar-refractivity contribution in [1.82, 2.24) is 9.97 Å². The lowest BCUT2D eigenvalue weighted by Crippen LogP contribution is -2.27. The van der Waals surface area contributed by atoms with E-state index in [9.17, 15) is 19.5 Å². The largest absolute Gasteiger partial charge is 0.604 e. The number of hydrogen-bond acceptors (Lipinski definition) is 6. The molecule has 2 aromatic carbocycles. The van der Waals surface area contributed by atoms with Gasteiger partial charge in [0.1, 0.15) is 0 Å². The molecule has 0 saturated carbocycles. The number of anilines is 1. The fourth-order valence-electron chi connectivity index (χ4n) is 2.81. The Morgan fingerprint density at radius 2 is 1.86 bits per heavy atom. The molecule has 8 nitrogen and oxygen atoms in total. The van der Waals surface area contributed by atoms with E-state index in [-0.39, 0.29) is 15.6 Å². The molecule has 0 aliphatic carbocycles. The van der Waals surface area contributed by atoms with Gasteiger partial charge in [0.05, 0.1) is 16.1 Å². The monoisotopic (exact) mass is 410 g/mol. The highest BCUT2D eigenvalue weighted by atomic mass is 32.2. The smallest absolute Gasteiger partial charge is 0.349 e. The third-order valence-electron chi connectivity index (χ3n) is 4.32. The summed E-state index contributed by atoms with van der Waals surface area (Å²) in [4.78, 5) is 33.2. The molecule has 148 valence electrons. The van der Waals surface area contributed by atoms with Crippen LogP contribution in [0.1, 0.15) is 21.6 Å². The Morgan fingerprint density at radius 1 is 1.14 bits per heavy atom. The molecule has 1 heterocycles. The van der Waals surface area contributed by atoms with E-state index in [1.54, 1.807) is 26.1 Å². The summed E-state index contributed by atoms with van der Waals surface area (Å²) in [6.45, 7) is 3.58. The molecule has 3 aromatic rings. The fourth-order valence-corrected chi connectivity index (χ4v) is 3.90. The molecule has 0 aliphatic heterocycles. The van der Waals surface area contributed by atoms with Gasteiger partial charge in [-0.25, -0.2) is 0 Å². The molecule has 0 fully saturated rings. The Bertz CT molecular complexity index is 1090. The topological polar surface area (TPSA) is 112 Å². The van der Waals surface area contributed by atoms with E-state index >= 15 is 0 Å². The number of aromatic nitrogens is 2. The average Bonchev–Trinajstić information content (AvgIpc) is 2.72. The minimum Gasteiger partial charge on any atom is -0.604 e. The van der Waals surface area contributed by atoms with Gasteiger partial charge in [-0.2, -0.15) is 9.97 Å². The Labute approximate surface area is 170 Å². The summed E-state index contributed by atoms with van der Waals surface area (Å²) in [6, 6.07) is 12.8. The van der Waals surface area contributed by atoms with Crippen LogP contribution in [0.25, 0.3) is 0 Å². The first-order valence-electron chi connectivity index (χ1n) is 8.63. The number of nitro benzene ring substituents is 1. The third kappa shape index (κ3) is 4.25. The van der Waals surface area contributed by atoms with Crippen LogP contribution in [-0.2, 0) is 11.2 Å². The normalized spacial score (nSPS) is 11.7. The summed E-state index contributed by atoms with van der Waals surface area (Å²) in [7, 11) is 1.60. The summed E-state index contributed by atoms with van der Waals surface area (Å²) in [5.74, 6) is -0.411. The van der Waals surface area contributed by atoms with Crippen LogP contribution in [0.15, 0.2) is 64.8 Å². The van der Waals surface area contributed by atoms with E-state index in [0.717, 1.165) is 11.6 Å². The average molecular weight is 410 g/mol. The summed E-state index contributed by atoms with van der Waals surface area (Å²) in [6.07, 6.45) is 1.44. The van der Waals surface area contributed by atoms with E-state index in [1.807, 2.05) is 25.1 Å². The number of carbonyl (C=O) groups is 1. The number of benzene rings is 2. The van der Waals surface area contributed by atoms with Crippen LogP contribution < -0.4 is 4.90 Å². The van der Waals surface area contributed by atoms with Crippen molar-refractivity contribution >= 4 is 28.5 Å². The van der Waals surface area contributed by atoms with Crippen LogP contribution in [0, 0.1) is 24.0 Å². The molecule has 1 amide bonds. The molecule has 0 N–H and O–H groups in total. The van der Waals surface area contributed by atoms with Gasteiger partial charge < -0.3 is 9.45 Å². The molecule has 0 saturated heterocycles. The minimum atomic E-state index is -1.95. The van der Waals surface area contributed by atoms with E-state index < -0.39 is 27.7 Å². The first kappa shape index (κ1) is 20.4. The molecule has 1 aromatic heterocycles. The number of hydrogen-bond donors (Lipinski definition) is 0. The Morgan fingerprint density at radius 3 is 2.52 bits per heavy atom. The van der Waals surface area contributed by atoms with Crippen molar-refractivity contribution in [1.29, 1.82) is 0 Å². The summed E-state index contributed by atoms with van der Waals surface area (Å²) >= 11 is -1.95. The number of nitrogens with zero attached hydrogens (tertiary/aromatic N) is 4. The SMILES string of the molecule is Cc1ccnc([S+]([O-])c2ccc(C(=O)N(C)c3ccccc3C)cc2[N+](=O)[O-])n1. The molecular formula is C20H18N4O4S. The van der Waals surface area contributed by atoms with Gasteiger partial charge in [0.2, 0.25) is 4.90 Å². The Hall–Kier alpha value is -3.30. The summed E-state index contributed by atoms with van der Waals surface area (Å²) < 4.78 is 12.8. The molecule has 29 heavy (non-hydrogen) atoms. The molecule has 0 spiro atoms. The van der Waals surface area contributed by atoms with Gasteiger partial charge in [0, 0.05) is 42.3 Å². The van der Waals surface area contributed by atoms with Gasteiger partial charge in [0.25, 0.3) is 5.91 Å². The quantitative estimate of drug-likeness (QED) is 0.276. The van der Waals surface area contributed by atoms with Crippen molar-refractivity contribution in [2.24, 2.45) is 0 Å². The molecule has 9 heteroatoms. The molecule has 0 aliphatic rings. The second kappa shape index (κ2) is 8.38. The molecule has 0 radical (unpaired) electrons. The molecule has 1 atom stereocenters. The van der Waals surface area contributed by atoms with Gasteiger partial charge in [-0.15, -0.1) is 0 Å². The zero-order chi connectivity index (χ0) is 21.1. The van der Waals surface area contributed by atoms with Gasteiger partial charge in [-0.3, -0.25) is 14.9 Å². The number of nitro groups is 1. The lowest BCUT2D eigenvalue weighted by molar-refractivity contribution is -0.387. The van der Waals surface area contributed by atoms with Crippen LogP contribution in [0.4, 0.5) is 11.4 Å². The standard InChI is InChI=1S/C20H18N4O4S/c1-13-6-4-5-7-16(13)23(3)19(25)15-8-9-18(17(12-15)24(26)27)29(28)20-21-11-10-14(2)22-20/h4-12H,1-3H3. The van der Waals surface area contributed by atoms with Gasteiger partial charge in [-0.1, -0.05) is 18.2 Å². The van der Waals surface area contributed by atoms with Crippen LogP contribution >= 0.6 is 0 Å². The van der Waals surface area contributed by atoms with Gasteiger partial charge in [0.15, 0.2) is 0 Å². The van der Waals surface area contributed by atoms with E-state index in [1.165, 1.54) is 23.2 Å². The lowest BCUT2D eigenvalue weighted by Gasteiger charge is -2.19. The highest BCUT2D eigenvalue weighted by Crippen LogP contribution is 2.30. The zero-order valence-electron chi connectivity index (χ0n) is 16.0. The number of para-hydroxylation sites is 1. The maximum atomic E-state index is 12.9. The second-order valence-electron chi connectivity index (χ2n) is 6.34. The maximum Gasteiger partial charge on any atom is 0.349 e. The van der Waals surface area contributed by atoms with Crippen LogP contribution in [0.5, 0.6) is 0 Å². The van der Waals surface area contributed by atoms with Crippen molar-refractivity contribution in [2.45, 2.75) is 23.9 Å². The fraction of sp³-hybridized carbons (Fsp3) is 0.150. The van der Waals surface area contributed by atoms with Crippen molar-refractivity contribution in [3.8, 4) is 0 Å². The molecule has 0 bridgehead atoms. The van der Waals surface area contributed by atoms with Crippen LogP contribution in [0.3, 0.4) is 0 Å². The van der Waals surface area contributed by atoms with E-state index in [0.29, 0.717) is 11.4 Å². The molecular weight excluding hydrogens is 392 g/mol. The highest BCUT2D eigenvalue weighted by molar-refractivity contribution is 7.91. The predicted molar refractivity (Wildman–Crippen MR) is 108 cm³/mol. The van der Waals surface area contributed by atoms with E-state index in [2.05, 4.69) is 9.97 Å². The highest BCUT2D eigenvalue weighted by Gasteiger charge is 2.30. The number of rotatable bonds is 5. The zero-order valence-corrected chi connectivity index (χ0v) is 16.8. The van der Waals surface area contributed by atoms with Gasteiger partial charge >= 0.3 is 10.8 Å². The lowest BCUT2D eigenvalue weighted by atomic mass is 10.1. The van der Waals surface area contributed by atoms with Crippen molar-refractivity contribution in [2.75, 3.05) is 11.9 Å². The van der Waals surface area contributed by atoms with Gasteiger partial charge in [-0.05, 0) is 37.6 Å². The third-order valence-corrected chi connectivity index (χ3v) is 5.60. The van der Waals surface area contributed by atoms with Crippen LogP contribution in [-0.4, -0.2) is 32.4 Å². The predicted octanol–water partition coefficient (Wildman–Crippen LogP) is 3.44. The number of amides is 1. The second-order valence-corrected chi connectivity index (χ2v) is 7.68. The van der Waals surface area contributed by atoms with E-state index in [4.69, 9.17) is 0 Å². The Kier molecular flexibility index (Phi) is 5.90. The Balaban J connectivity index is 1.99. The minimum absolute atomic E-state index is 0.0239. The number of aryl methyl sites for hydroxylation is 2. The first-order chi connectivity index (χ1) is 13.8. The van der Waals surface area contributed by atoms with Crippen molar-refractivity contribution in [3.05, 3.63) is 81.7 Å². The first-order valence-corrected chi connectivity index (χ1v) is 9.78. The van der Waals surface area contributed by atoms with Crippen LogP contribution in [0.2, 0.25) is 0 Å². The summed E-state index contributed by atoms with van der Waals surface area (Å²) in [5, 5.41) is 11.6. The molecule has 3 rings (SSSR count). The summed E-state index contributed by atoms with van der Waals surface area (Å²) in [5.41, 5.74) is 1.89. The van der Waals surface area contributed by atoms with Crippen molar-refractivity contribution in [3.63, 3.8) is 0 Å². The number of carbonyl (C=O) groups excluding carboxylic acids is 1.